The van der Waals surface area contributed by atoms with Gasteiger partial charge in [-0.15, -0.1) is 0 Å². The number of hydrogen-bond donors (Lipinski definition) is 2. The number of likely N-dealkylation sites (tertiary alicyclic amines) is 1. The number of aromatic nitrogens is 2. The first-order chi connectivity index (χ1) is 11.3. The summed E-state index contributed by atoms with van der Waals surface area (Å²) in [5, 5.41) is 16.2. The highest BCUT2D eigenvalue weighted by Gasteiger charge is 2.44. The summed E-state index contributed by atoms with van der Waals surface area (Å²) in [6, 6.07) is -0.272. The molecule has 1 unspecified atom stereocenters. The molecular formula is C15H23F3N4O2. The number of nitrogens with zero attached hydrogens (tertiary/aromatic N) is 3. The number of aliphatic hydroxyl groups is 1. The first-order valence-corrected chi connectivity index (χ1v) is 8.04. The molecule has 0 bridgehead atoms. The largest absolute Gasteiger partial charge is 0.414 e. The zero-order valence-corrected chi connectivity index (χ0v) is 13.6. The standard InChI is InChI=1S/C15H23F3N4O2/c1-11-9-20-22(10-11)6-2-5-19-14(24)21-7-3-12(4-8-21)13(23)15(16,17)18/h9-10,12-13,23H,2-8H2,1H3,(H,19,24). The Kier molecular flexibility index (Phi) is 6.09. The Morgan fingerprint density at radius 2 is 2.12 bits per heavy atom. The lowest BCUT2D eigenvalue weighted by atomic mass is 9.91. The van der Waals surface area contributed by atoms with Crippen LogP contribution in [-0.4, -0.2) is 57.7 Å². The van der Waals surface area contributed by atoms with E-state index in [2.05, 4.69) is 10.4 Å². The molecule has 0 aromatic carbocycles. The number of halogens is 3. The normalized spacial score (nSPS) is 17.8. The number of carbonyl (C=O) groups excluding carboxylic acids is 1. The number of amides is 2. The minimum atomic E-state index is -4.60. The van der Waals surface area contributed by atoms with Crippen molar-refractivity contribution in [3.63, 3.8) is 0 Å². The van der Waals surface area contributed by atoms with Crippen molar-refractivity contribution in [1.29, 1.82) is 0 Å². The molecule has 0 saturated carbocycles. The molecule has 2 rings (SSSR count). The van der Waals surface area contributed by atoms with Gasteiger partial charge in [0.1, 0.15) is 0 Å². The number of piperidine rings is 1. The summed E-state index contributed by atoms with van der Waals surface area (Å²) in [5.41, 5.74) is 1.07. The molecule has 1 aromatic heterocycles. The Morgan fingerprint density at radius 3 is 2.67 bits per heavy atom. The molecule has 1 saturated heterocycles. The van der Waals surface area contributed by atoms with E-state index in [1.54, 1.807) is 10.9 Å². The van der Waals surface area contributed by atoms with E-state index in [4.69, 9.17) is 0 Å². The lowest BCUT2D eigenvalue weighted by Gasteiger charge is -2.34. The van der Waals surface area contributed by atoms with E-state index in [1.807, 2.05) is 13.1 Å². The molecule has 136 valence electrons. The number of aryl methyl sites for hydroxylation is 2. The van der Waals surface area contributed by atoms with Crippen LogP contribution < -0.4 is 5.32 Å². The summed E-state index contributed by atoms with van der Waals surface area (Å²) in [6.07, 6.45) is -2.20. The van der Waals surface area contributed by atoms with Crippen LogP contribution in [0.25, 0.3) is 0 Å². The third-order valence-corrected chi connectivity index (χ3v) is 4.21. The van der Waals surface area contributed by atoms with Gasteiger partial charge in [0.15, 0.2) is 6.10 Å². The summed E-state index contributed by atoms with van der Waals surface area (Å²) in [5.74, 6) is -0.836. The quantitative estimate of drug-likeness (QED) is 0.799. The van der Waals surface area contributed by atoms with E-state index in [-0.39, 0.29) is 32.0 Å². The van der Waals surface area contributed by atoms with Gasteiger partial charge in [0.2, 0.25) is 0 Å². The fraction of sp³-hybridized carbons (Fsp3) is 0.733. The monoisotopic (exact) mass is 348 g/mol. The summed E-state index contributed by atoms with van der Waals surface area (Å²) >= 11 is 0. The van der Waals surface area contributed by atoms with Crippen LogP contribution >= 0.6 is 0 Å². The fourth-order valence-corrected chi connectivity index (χ4v) is 2.82. The Balaban J connectivity index is 1.65. The molecule has 0 spiro atoms. The Hall–Kier alpha value is -1.77. The molecule has 1 aliphatic rings. The molecule has 0 aliphatic carbocycles. The average molecular weight is 348 g/mol. The number of alkyl halides is 3. The SMILES string of the molecule is Cc1cnn(CCCNC(=O)N2CCC(C(O)C(F)(F)F)CC2)c1. The Labute approximate surface area is 138 Å². The smallest absolute Gasteiger partial charge is 0.383 e. The first-order valence-electron chi connectivity index (χ1n) is 8.04. The summed E-state index contributed by atoms with van der Waals surface area (Å²) in [7, 11) is 0. The Bertz CT molecular complexity index is 539. The third kappa shape index (κ3) is 5.12. The van der Waals surface area contributed by atoms with Gasteiger partial charge in [-0.2, -0.15) is 18.3 Å². The minimum absolute atomic E-state index is 0.153. The highest BCUT2D eigenvalue weighted by Crippen LogP contribution is 2.31. The molecule has 24 heavy (non-hydrogen) atoms. The van der Waals surface area contributed by atoms with Crippen molar-refractivity contribution >= 4 is 6.03 Å². The molecular weight excluding hydrogens is 325 g/mol. The maximum Gasteiger partial charge on any atom is 0.414 e. The van der Waals surface area contributed by atoms with Gasteiger partial charge in [0, 0.05) is 32.4 Å². The van der Waals surface area contributed by atoms with Gasteiger partial charge in [0.05, 0.1) is 6.20 Å². The van der Waals surface area contributed by atoms with Gasteiger partial charge in [-0.3, -0.25) is 4.68 Å². The highest BCUT2D eigenvalue weighted by atomic mass is 19.4. The topological polar surface area (TPSA) is 70.4 Å². The molecule has 2 N–H and O–H groups in total. The van der Waals surface area contributed by atoms with E-state index in [9.17, 15) is 23.1 Å². The molecule has 0 radical (unpaired) electrons. The fourth-order valence-electron chi connectivity index (χ4n) is 2.82. The molecule has 1 aromatic rings. The Morgan fingerprint density at radius 1 is 1.46 bits per heavy atom. The van der Waals surface area contributed by atoms with Gasteiger partial charge in [-0.25, -0.2) is 4.79 Å². The van der Waals surface area contributed by atoms with E-state index in [1.165, 1.54) is 4.90 Å². The molecule has 2 amide bonds. The van der Waals surface area contributed by atoms with Crippen LogP contribution in [0.5, 0.6) is 0 Å². The van der Waals surface area contributed by atoms with Gasteiger partial charge in [-0.1, -0.05) is 0 Å². The lowest BCUT2D eigenvalue weighted by molar-refractivity contribution is -0.222. The van der Waals surface area contributed by atoms with Gasteiger partial charge >= 0.3 is 12.2 Å². The third-order valence-electron chi connectivity index (χ3n) is 4.21. The molecule has 2 heterocycles. The predicted molar refractivity (Wildman–Crippen MR) is 81.3 cm³/mol. The van der Waals surface area contributed by atoms with Crippen molar-refractivity contribution in [3.8, 4) is 0 Å². The van der Waals surface area contributed by atoms with E-state index < -0.39 is 18.2 Å². The lowest BCUT2D eigenvalue weighted by Crippen LogP contribution is -2.48. The maximum absolute atomic E-state index is 12.5. The van der Waals surface area contributed by atoms with Crippen molar-refractivity contribution in [2.75, 3.05) is 19.6 Å². The van der Waals surface area contributed by atoms with E-state index in [0.717, 1.165) is 12.0 Å². The van der Waals surface area contributed by atoms with Crippen LogP contribution in [0.2, 0.25) is 0 Å². The van der Waals surface area contributed by atoms with E-state index in [0.29, 0.717) is 13.1 Å². The zero-order valence-electron chi connectivity index (χ0n) is 13.6. The molecule has 1 atom stereocenters. The number of aliphatic hydroxyl groups excluding tert-OH is 1. The first kappa shape index (κ1) is 18.6. The second kappa shape index (κ2) is 7.87. The number of urea groups is 1. The van der Waals surface area contributed by atoms with Gasteiger partial charge in [-0.05, 0) is 37.7 Å². The minimum Gasteiger partial charge on any atom is -0.383 e. The zero-order chi connectivity index (χ0) is 17.7. The number of hydrogen-bond acceptors (Lipinski definition) is 3. The van der Waals surface area contributed by atoms with Gasteiger partial charge in [0.25, 0.3) is 0 Å². The van der Waals surface area contributed by atoms with Crippen LogP contribution in [0.3, 0.4) is 0 Å². The number of nitrogens with one attached hydrogen (secondary N) is 1. The van der Waals surface area contributed by atoms with Crippen LogP contribution in [0, 0.1) is 12.8 Å². The summed E-state index contributed by atoms with van der Waals surface area (Å²) in [4.78, 5) is 13.5. The summed E-state index contributed by atoms with van der Waals surface area (Å²) < 4.78 is 39.3. The summed E-state index contributed by atoms with van der Waals surface area (Å²) in [6.45, 7) is 3.56. The van der Waals surface area contributed by atoms with Crippen molar-refractivity contribution < 1.29 is 23.1 Å². The van der Waals surface area contributed by atoms with Crippen molar-refractivity contribution in [2.24, 2.45) is 5.92 Å². The van der Waals surface area contributed by atoms with Crippen molar-refractivity contribution in [2.45, 2.75) is 45.0 Å². The van der Waals surface area contributed by atoms with Gasteiger partial charge < -0.3 is 15.3 Å². The van der Waals surface area contributed by atoms with Crippen molar-refractivity contribution in [1.82, 2.24) is 20.0 Å². The average Bonchev–Trinajstić information content (AvgIpc) is 2.95. The second-order valence-corrected chi connectivity index (χ2v) is 6.18. The van der Waals surface area contributed by atoms with Crippen LogP contribution in [0.1, 0.15) is 24.8 Å². The second-order valence-electron chi connectivity index (χ2n) is 6.18. The molecule has 1 aliphatic heterocycles. The molecule has 1 fully saturated rings. The highest BCUT2D eigenvalue weighted by molar-refractivity contribution is 5.74. The number of carbonyl (C=O) groups is 1. The van der Waals surface area contributed by atoms with Crippen molar-refractivity contribution in [3.05, 3.63) is 18.0 Å². The number of rotatable bonds is 5. The predicted octanol–water partition coefficient (Wildman–Crippen LogP) is 1.93. The van der Waals surface area contributed by atoms with Crippen LogP contribution in [-0.2, 0) is 6.54 Å². The molecule has 6 nitrogen and oxygen atoms in total. The maximum atomic E-state index is 12.5. The van der Waals surface area contributed by atoms with Crippen LogP contribution in [0.15, 0.2) is 12.4 Å². The molecule has 9 heteroatoms. The van der Waals surface area contributed by atoms with E-state index >= 15 is 0 Å². The van der Waals surface area contributed by atoms with Crippen LogP contribution in [0.4, 0.5) is 18.0 Å².